The maximum Gasteiger partial charge on any atom is 0.330 e. The summed E-state index contributed by atoms with van der Waals surface area (Å²) in [7, 11) is 0. The van der Waals surface area contributed by atoms with Crippen molar-refractivity contribution in [3.05, 3.63) is 75.3 Å². The van der Waals surface area contributed by atoms with Gasteiger partial charge in [-0.1, -0.05) is 41.9 Å². The summed E-state index contributed by atoms with van der Waals surface area (Å²) in [5.74, 6) is -0.362. The third kappa shape index (κ3) is 7.91. The Morgan fingerprint density at radius 2 is 2.06 bits per heavy atom. The molecular weight excluding hydrogens is 462 g/mol. The van der Waals surface area contributed by atoms with E-state index in [0.717, 1.165) is 53.1 Å². The highest BCUT2D eigenvalue weighted by Crippen LogP contribution is 2.27. The van der Waals surface area contributed by atoms with Gasteiger partial charge in [-0.05, 0) is 93.5 Å². The lowest BCUT2D eigenvalue weighted by Gasteiger charge is -2.28. The summed E-state index contributed by atoms with van der Waals surface area (Å²) in [6.07, 6.45) is 5.61. The van der Waals surface area contributed by atoms with Crippen LogP contribution in [0.5, 0.6) is 0 Å². The summed E-state index contributed by atoms with van der Waals surface area (Å²) in [5, 5.41) is 11.6. The van der Waals surface area contributed by atoms with Gasteiger partial charge in [-0.25, -0.2) is 4.79 Å². The predicted molar refractivity (Wildman–Crippen MR) is 142 cm³/mol. The van der Waals surface area contributed by atoms with Crippen molar-refractivity contribution in [2.75, 3.05) is 26.3 Å². The molecule has 0 aliphatic carbocycles. The number of nitrogens with zero attached hydrogens (tertiary/aromatic N) is 1. The molecule has 3 atom stereocenters. The van der Waals surface area contributed by atoms with E-state index in [1.165, 1.54) is 11.6 Å². The monoisotopic (exact) mass is 499 g/mol. The van der Waals surface area contributed by atoms with E-state index in [4.69, 9.17) is 21.1 Å². The van der Waals surface area contributed by atoms with E-state index in [9.17, 15) is 9.90 Å². The second kappa shape index (κ2) is 13.2. The van der Waals surface area contributed by atoms with Crippen LogP contribution in [0.3, 0.4) is 0 Å². The van der Waals surface area contributed by atoms with E-state index >= 15 is 0 Å². The number of aryl methyl sites for hydroxylation is 2. The predicted octanol–water partition coefficient (Wildman–Crippen LogP) is 5.68. The molecule has 2 aromatic rings. The van der Waals surface area contributed by atoms with Gasteiger partial charge in [0.15, 0.2) is 0 Å². The minimum absolute atomic E-state index is 0.226. The number of carbonyl (C=O) groups is 1. The standard InChI is InChI=1S/C29H38ClNO4/c1-5-34-29(33)14-13-26-20(2)8-6-10-27(26)22(4)35-19-25(32)18-31-15-7-9-24(31)16-23-12-11-21(3)28(30)17-23/h6,8,10-14,17,22,24-25,32H,5,7,9,15-16,18-19H2,1-4H3/b14-13+/t22-,24+,25-/m1/s1. The summed E-state index contributed by atoms with van der Waals surface area (Å²) in [4.78, 5) is 14.1. The van der Waals surface area contributed by atoms with Crippen LogP contribution in [-0.2, 0) is 20.7 Å². The van der Waals surface area contributed by atoms with E-state index in [0.29, 0.717) is 19.2 Å². The Kier molecular flexibility index (Phi) is 10.4. The van der Waals surface area contributed by atoms with Crippen LogP contribution in [-0.4, -0.2) is 54.4 Å². The van der Waals surface area contributed by atoms with Crippen LogP contribution in [0.4, 0.5) is 0 Å². The maximum atomic E-state index is 11.8. The minimum Gasteiger partial charge on any atom is -0.463 e. The Labute approximate surface area is 214 Å². The lowest BCUT2D eigenvalue weighted by molar-refractivity contribution is -0.137. The zero-order chi connectivity index (χ0) is 25.4. The fourth-order valence-electron chi connectivity index (χ4n) is 4.70. The van der Waals surface area contributed by atoms with Gasteiger partial charge >= 0.3 is 5.97 Å². The molecule has 0 aromatic heterocycles. The van der Waals surface area contributed by atoms with Gasteiger partial charge in [-0.3, -0.25) is 4.90 Å². The number of hydrogen-bond acceptors (Lipinski definition) is 5. The fourth-order valence-corrected chi connectivity index (χ4v) is 4.90. The SMILES string of the molecule is CCOC(=O)/C=C/c1c(C)cccc1[C@@H](C)OC[C@H](O)CN1CCC[C@H]1Cc1ccc(C)c(Cl)c1. The third-order valence-electron chi connectivity index (χ3n) is 6.66. The number of benzene rings is 2. The average Bonchev–Trinajstić information content (AvgIpc) is 3.25. The third-order valence-corrected chi connectivity index (χ3v) is 7.07. The molecule has 0 spiro atoms. The highest BCUT2D eigenvalue weighted by molar-refractivity contribution is 6.31. The van der Waals surface area contributed by atoms with Gasteiger partial charge in [0.25, 0.3) is 0 Å². The van der Waals surface area contributed by atoms with Crippen LogP contribution < -0.4 is 0 Å². The lowest BCUT2D eigenvalue weighted by atomic mass is 9.98. The van der Waals surface area contributed by atoms with Gasteiger partial charge in [0.05, 0.1) is 25.4 Å². The van der Waals surface area contributed by atoms with Crippen molar-refractivity contribution >= 4 is 23.6 Å². The van der Waals surface area contributed by atoms with Crippen LogP contribution in [0.25, 0.3) is 6.08 Å². The summed E-state index contributed by atoms with van der Waals surface area (Å²) < 4.78 is 11.1. The lowest BCUT2D eigenvalue weighted by Crippen LogP contribution is -2.39. The molecule has 2 aromatic carbocycles. The van der Waals surface area contributed by atoms with Crippen molar-refractivity contribution in [1.29, 1.82) is 0 Å². The molecule has 1 N–H and O–H groups in total. The molecule has 1 heterocycles. The molecule has 1 aliphatic rings. The first-order valence-corrected chi connectivity index (χ1v) is 12.9. The summed E-state index contributed by atoms with van der Waals surface area (Å²) in [6, 6.07) is 12.7. The number of halogens is 1. The van der Waals surface area contributed by atoms with Crippen LogP contribution in [0.2, 0.25) is 5.02 Å². The van der Waals surface area contributed by atoms with Gasteiger partial charge in [0.1, 0.15) is 0 Å². The molecule has 0 radical (unpaired) electrons. The maximum absolute atomic E-state index is 11.8. The van der Waals surface area contributed by atoms with Crippen molar-refractivity contribution in [1.82, 2.24) is 4.90 Å². The van der Waals surface area contributed by atoms with E-state index < -0.39 is 6.10 Å². The second-order valence-electron chi connectivity index (χ2n) is 9.37. The number of aliphatic hydroxyl groups excluding tert-OH is 1. The molecule has 5 nitrogen and oxygen atoms in total. The Morgan fingerprint density at radius 1 is 1.26 bits per heavy atom. The van der Waals surface area contributed by atoms with Gasteiger partial charge in [-0.2, -0.15) is 0 Å². The molecule has 1 fully saturated rings. The Hall–Kier alpha value is -2.18. The van der Waals surface area contributed by atoms with Crippen molar-refractivity contribution in [2.45, 2.75) is 65.2 Å². The zero-order valence-corrected chi connectivity index (χ0v) is 22.1. The number of ether oxygens (including phenoxy) is 2. The first-order valence-electron chi connectivity index (χ1n) is 12.5. The molecule has 6 heteroatoms. The van der Waals surface area contributed by atoms with Gasteiger partial charge in [-0.15, -0.1) is 0 Å². The van der Waals surface area contributed by atoms with E-state index in [2.05, 4.69) is 23.1 Å². The molecule has 0 unspecified atom stereocenters. The van der Waals surface area contributed by atoms with E-state index in [-0.39, 0.29) is 18.7 Å². The Morgan fingerprint density at radius 3 is 2.80 bits per heavy atom. The number of carbonyl (C=O) groups excluding carboxylic acids is 1. The van der Waals surface area contributed by atoms with Crippen LogP contribution in [0.15, 0.2) is 42.5 Å². The highest BCUT2D eigenvalue weighted by atomic mass is 35.5. The topological polar surface area (TPSA) is 59.0 Å². The number of likely N-dealkylation sites (tertiary alicyclic amines) is 1. The van der Waals surface area contributed by atoms with E-state index in [1.807, 2.05) is 39.0 Å². The first kappa shape index (κ1) is 27.4. The van der Waals surface area contributed by atoms with Gasteiger partial charge < -0.3 is 14.6 Å². The van der Waals surface area contributed by atoms with E-state index in [1.54, 1.807) is 13.0 Å². The quantitative estimate of drug-likeness (QED) is 0.318. The highest BCUT2D eigenvalue weighted by Gasteiger charge is 2.27. The number of esters is 1. The number of rotatable bonds is 11. The molecule has 190 valence electrons. The molecule has 0 bridgehead atoms. The van der Waals surface area contributed by atoms with Crippen molar-refractivity contribution in [3.63, 3.8) is 0 Å². The Balaban J connectivity index is 1.56. The summed E-state index contributed by atoms with van der Waals surface area (Å²) in [5.41, 5.74) is 5.30. The van der Waals surface area contributed by atoms with Crippen LogP contribution in [0, 0.1) is 13.8 Å². The molecule has 35 heavy (non-hydrogen) atoms. The van der Waals surface area contributed by atoms with Crippen molar-refractivity contribution in [3.8, 4) is 0 Å². The van der Waals surface area contributed by atoms with Gasteiger partial charge in [0, 0.05) is 23.7 Å². The normalized spacial score (nSPS) is 18.2. The molecule has 0 saturated carbocycles. The average molecular weight is 500 g/mol. The Bertz CT molecular complexity index is 1020. The summed E-state index contributed by atoms with van der Waals surface area (Å²) in [6.45, 7) is 9.94. The zero-order valence-electron chi connectivity index (χ0n) is 21.3. The van der Waals surface area contributed by atoms with Crippen LogP contribution in [0.1, 0.15) is 60.6 Å². The van der Waals surface area contributed by atoms with Crippen molar-refractivity contribution < 1.29 is 19.4 Å². The number of aliphatic hydroxyl groups is 1. The second-order valence-corrected chi connectivity index (χ2v) is 9.78. The molecule has 1 aliphatic heterocycles. The molecular formula is C29H38ClNO4. The smallest absolute Gasteiger partial charge is 0.330 e. The van der Waals surface area contributed by atoms with Crippen molar-refractivity contribution in [2.24, 2.45) is 0 Å². The molecule has 0 amide bonds. The number of β-amino-alcohol motifs (C(OH)–C–C–N with tert-alkyl or cyclic N) is 1. The molecule has 1 saturated heterocycles. The minimum atomic E-state index is -0.581. The van der Waals surface area contributed by atoms with Crippen LogP contribution >= 0.6 is 11.6 Å². The largest absolute Gasteiger partial charge is 0.463 e. The number of hydrogen-bond donors (Lipinski definition) is 1. The van der Waals surface area contributed by atoms with Gasteiger partial charge in [0.2, 0.25) is 0 Å². The summed E-state index contributed by atoms with van der Waals surface area (Å²) >= 11 is 6.31. The first-order chi connectivity index (χ1) is 16.8. The molecule has 3 rings (SSSR count). The fraction of sp³-hybridized carbons (Fsp3) is 0.483.